The van der Waals surface area contributed by atoms with Gasteiger partial charge in [0.05, 0.1) is 12.8 Å². The average molecular weight is 285 g/mol. The van der Waals surface area contributed by atoms with E-state index in [0.29, 0.717) is 17.0 Å². The van der Waals surface area contributed by atoms with Crippen LogP contribution in [0.1, 0.15) is 22.8 Å². The van der Waals surface area contributed by atoms with E-state index in [4.69, 9.17) is 15.2 Å². The first-order valence-electron chi connectivity index (χ1n) is 6.73. The maximum Gasteiger partial charge on any atom is 0.203 e. The van der Waals surface area contributed by atoms with Crippen molar-refractivity contribution in [3.63, 3.8) is 0 Å². The van der Waals surface area contributed by atoms with Gasteiger partial charge in [-0.25, -0.2) is 0 Å². The highest BCUT2D eigenvalue weighted by Crippen LogP contribution is 2.23. The van der Waals surface area contributed by atoms with Crippen LogP contribution in [0.4, 0.5) is 5.69 Å². The topological polar surface area (TPSA) is 61.5 Å². The molecule has 2 rings (SSSR count). The number of methoxy groups -OCH3 is 1. The van der Waals surface area contributed by atoms with E-state index >= 15 is 0 Å². The number of hydrogen-bond donors (Lipinski definition) is 1. The zero-order valence-corrected chi connectivity index (χ0v) is 12.4. The normalized spacial score (nSPS) is 11.8. The van der Waals surface area contributed by atoms with Gasteiger partial charge in [0.15, 0.2) is 6.10 Å². The van der Waals surface area contributed by atoms with Gasteiger partial charge in [-0.1, -0.05) is 12.1 Å². The van der Waals surface area contributed by atoms with Crippen molar-refractivity contribution < 1.29 is 14.3 Å². The second-order valence-corrected chi connectivity index (χ2v) is 4.85. The number of hydrogen-bond acceptors (Lipinski definition) is 4. The Morgan fingerprint density at radius 3 is 2.48 bits per heavy atom. The van der Waals surface area contributed by atoms with Crippen molar-refractivity contribution in [2.24, 2.45) is 0 Å². The van der Waals surface area contributed by atoms with E-state index in [1.807, 2.05) is 19.1 Å². The predicted octanol–water partition coefficient (Wildman–Crippen LogP) is 3.24. The van der Waals surface area contributed by atoms with Crippen molar-refractivity contribution in [1.29, 1.82) is 0 Å². The number of para-hydroxylation sites is 2. The fourth-order valence-corrected chi connectivity index (χ4v) is 2.10. The summed E-state index contributed by atoms with van der Waals surface area (Å²) in [6.07, 6.45) is -0.609. The van der Waals surface area contributed by atoms with Gasteiger partial charge in [0.1, 0.15) is 11.5 Å². The Kier molecular flexibility index (Phi) is 4.48. The van der Waals surface area contributed by atoms with Crippen LogP contribution in [0.5, 0.6) is 11.5 Å². The Bertz CT molecular complexity index is 652. The highest BCUT2D eigenvalue weighted by molar-refractivity contribution is 5.99. The molecule has 4 heteroatoms. The van der Waals surface area contributed by atoms with Gasteiger partial charge in [0.2, 0.25) is 5.78 Å². The molecule has 0 aliphatic heterocycles. The summed E-state index contributed by atoms with van der Waals surface area (Å²) in [6.45, 7) is 3.62. The van der Waals surface area contributed by atoms with Gasteiger partial charge in [-0.05, 0) is 49.7 Å². The number of Topliss-reactive ketones (excluding diaryl/α,β-unsaturated/α-hetero) is 1. The van der Waals surface area contributed by atoms with E-state index in [2.05, 4.69) is 0 Å². The molecule has 0 bridgehead atoms. The third kappa shape index (κ3) is 3.34. The second-order valence-electron chi connectivity index (χ2n) is 4.85. The Labute approximate surface area is 124 Å². The number of rotatable bonds is 5. The number of anilines is 1. The van der Waals surface area contributed by atoms with Crippen LogP contribution in [0, 0.1) is 6.92 Å². The van der Waals surface area contributed by atoms with E-state index in [1.165, 1.54) is 0 Å². The lowest BCUT2D eigenvalue weighted by atomic mass is 10.0. The summed E-state index contributed by atoms with van der Waals surface area (Å²) in [4.78, 5) is 12.4. The maximum absolute atomic E-state index is 12.4. The van der Waals surface area contributed by atoms with Crippen LogP contribution in [0.25, 0.3) is 0 Å². The van der Waals surface area contributed by atoms with Crippen molar-refractivity contribution >= 4 is 11.5 Å². The van der Waals surface area contributed by atoms with Gasteiger partial charge in [0.25, 0.3) is 0 Å². The number of nitrogens with two attached hydrogens (primary N) is 1. The minimum atomic E-state index is -0.609. The van der Waals surface area contributed by atoms with Crippen LogP contribution >= 0.6 is 0 Å². The van der Waals surface area contributed by atoms with Crippen LogP contribution in [0.3, 0.4) is 0 Å². The summed E-state index contributed by atoms with van der Waals surface area (Å²) in [5.41, 5.74) is 7.84. The van der Waals surface area contributed by atoms with Crippen LogP contribution in [0.2, 0.25) is 0 Å². The Hall–Kier alpha value is -2.49. The molecule has 21 heavy (non-hydrogen) atoms. The van der Waals surface area contributed by atoms with E-state index in [0.717, 1.165) is 11.3 Å². The molecule has 0 aromatic heterocycles. The maximum atomic E-state index is 12.4. The molecule has 0 fully saturated rings. The Morgan fingerprint density at radius 1 is 1.14 bits per heavy atom. The van der Waals surface area contributed by atoms with E-state index in [1.54, 1.807) is 44.4 Å². The summed E-state index contributed by atoms with van der Waals surface area (Å²) in [7, 11) is 1.60. The van der Waals surface area contributed by atoms with Crippen molar-refractivity contribution in [2.45, 2.75) is 20.0 Å². The van der Waals surface area contributed by atoms with E-state index in [9.17, 15) is 4.79 Å². The Morgan fingerprint density at radius 2 is 1.86 bits per heavy atom. The van der Waals surface area contributed by atoms with Gasteiger partial charge < -0.3 is 15.2 Å². The largest absolute Gasteiger partial charge is 0.496 e. The minimum Gasteiger partial charge on any atom is -0.496 e. The van der Waals surface area contributed by atoms with Gasteiger partial charge in [-0.3, -0.25) is 4.79 Å². The molecule has 0 spiro atoms. The summed E-state index contributed by atoms with van der Waals surface area (Å²) >= 11 is 0. The van der Waals surface area contributed by atoms with Gasteiger partial charge in [-0.2, -0.15) is 0 Å². The molecule has 1 atom stereocenters. The number of carbonyl (C=O) groups excluding carboxylic acids is 1. The lowest BCUT2D eigenvalue weighted by Crippen LogP contribution is -2.24. The molecule has 1 unspecified atom stereocenters. The summed E-state index contributed by atoms with van der Waals surface area (Å²) in [5, 5.41) is 0. The first-order valence-corrected chi connectivity index (χ1v) is 6.73. The van der Waals surface area contributed by atoms with Crippen LogP contribution in [-0.2, 0) is 0 Å². The average Bonchev–Trinajstić information content (AvgIpc) is 2.48. The molecular weight excluding hydrogens is 266 g/mol. The lowest BCUT2D eigenvalue weighted by molar-refractivity contribution is 0.0819. The summed E-state index contributed by atoms with van der Waals surface area (Å²) in [5.74, 6) is 1.18. The molecule has 0 radical (unpaired) electrons. The first kappa shape index (κ1) is 14.9. The molecule has 0 saturated carbocycles. The lowest BCUT2D eigenvalue weighted by Gasteiger charge is -2.15. The number of ether oxygens (including phenoxy) is 2. The highest BCUT2D eigenvalue weighted by Gasteiger charge is 2.18. The Balaban J connectivity index is 2.16. The minimum absolute atomic E-state index is 0.0935. The van der Waals surface area contributed by atoms with Crippen LogP contribution < -0.4 is 15.2 Å². The van der Waals surface area contributed by atoms with E-state index < -0.39 is 6.10 Å². The second kappa shape index (κ2) is 6.31. The molecule has 0 heterocycles. The third-order valence-corrected chi connectivity index (χ3v) is 3.27. The molecule has 0 aliphatic carbocycles. The fourth-order valence-electron chi connectivity index (χ4n) is 2.10. The number of ketones is 1. The zero-order valence-electron chi connectivity index (χ0n) is 12.4. The summed E-state index contributed by atoms with van der Waals surface area (Å²) < 4.78 is 10.8. The molecule has 2 N–H and O–H groups in total. The predicted molar refractivity (Wildman–Crippen MR) is 83.0 cm³/mol. The van der Waals surface area contributed by atoms with Gasteiger partial charge >= 0.3 is 0 Å². The monoisotopic (exact) mass is 285 g/mol. The molecule has 4 nitrogen and oxygen atoms in total. The standard InChI is InChI=1S/C17H19NO3/c1-11-10-13(8-9-15(11)20-3)17(19)12(2)21-16-7-5-4-6-14(16)18/h4-10,12H,18H2,1-3H3. The molecule has 0 saturated heterocycles. The number of nitrogen functional groups attached to an aromatic ring is 1. The van der Waals surface area contributed by atoms with Crippen LogP contribution in [-0.4, -0.2) is 19.0 Å². The molecule has 2 aromatic carbocycles. The quantitative estimate of drug-likeness (QED) is 0.676. The zero-order chi connectivity index (χ0) is 15.4. The highest BCUT2D eigenvalue weighted by atomic mass is 16.5. The molecular formula is C17H19NO3. The number of benzene rings is 2. The number of aryl methyl sites for hydroxylation is 1. The molecule has 110 valence electrons. The molecule has 0 amide bonds. The number of carbonyl (C=O) groups is 1. The van der Waals surface area contributed by atoms with Gasteiger partial charge in [-0.15, -0.1) is 0 Å². The van der Waals surface area contributed by atoms with Crippen molar-refractivity contribution in [3.8, 4) is 11.5 Å². The van der Waals surface area contributed by atoms with Crippen molar-refractivity contribution in [1.82, 2.24) is 0 Å². The van der Waals surface area contributed by atoms with Crippen molar-refractivity contribution in [3.05, 3.63) is 53.6 Å². The molecule has 0 aliphatic rings. The van der Waals surface area contributed by atoms with Crippen LogP contribution in [0.15, 0.2) is 42.5 Å². The van der Waals surface area contributed by atoms with Gasteiger partial charge in [0, 0.05) is 5.56 Å². The molecule has 2 aromatic rings. The third-order valence-electron chi connectivity index (χ3n) is 3.27. The first-order chi connectivity index (χ1) is 10.0. The smallest absolute Gasteiger partial charge is 0.203 e. The van der Waals surface area contributed by atoms with E-state index in [-0.39, 0.29) is 5.78 Å². The SMILES string of the molecule is COc1ccc(C(=O)C(C)Oc2ccccc2N)cc1C. The fraction of sp³-hybridized carbons (Fsp3) is 0.235. The van der Waals surface area contributed by atoms with Crippen molar-refractivity contribution in [2.75, 3.05) is 12.8 Å². The summed E-state index contributed by atoms with van der Waals surface area (Å²) in [6, 6.07) is 12.5.